The molecule has 0 N–H and O–H groups in total. The molecule has 5 nitrogen and oxygen atoms in total. The van der Waals surface area contributed by atoms with Crippen LogP contribution in [0.5, 0.6) is 0 Å². The van der Waals surface area contributed by atoms with Crippen molar-refractivity contribution in [2.45, 2.75) is 79.1 Å². The number of rotatable bonds is 6. The van der Waals surface area contributed by atoms with Gasteiger partial charge in [0, 0.05) is 28.5 Å². The van der Waals surface area contributed by atoms with Crippen LogP contribution >= 0.6 is 0 Å². The maximum atomic E-state index is 6.54. The van der Waals surface area contributed by atoms with Crippen molar-refractivity contribution < 1.29 is 4.42 Å². The van der Waals surface area contributed by atoms with Gasteiger partial charge in [0.2, 0.25) is 0 Å². The van der Waals surface area contributed by atoms with Gasteiger partial charge in [-0.1, -0.05) is 61.5 Å². The minimum Gasteiger partial charge on any atom is -0.421 e. The summed E-state index contributed by atoms with van der Waals surface area (Å²) in [7, 11) is 0. The summed E-state index contributed by atoms with van der Waals surface area (Å²) >= 11 is 0. The highest BCUT2D eigenvalue weighted by Gasteiger charge is 2.22. The predicted octanol–water partition coefficient (Wildman–Crippen LogP) is 9.31. The molecule has 4 aromatic heterocycles. The van der Waals surface area contributed by atoms with Gasteiger partial charge in [-0.25, -0.2) is 0 Å². The summed E-state index contributed by atoms with van der Waals surface area (Å²) < 4.78 is 13.5. The lowest BCUT2D eigenvalue weighted by Gasteiger charge is -2.18. The number of oxazole rings is 1. The first-order chi connectivity index (χ1) is 18.2. The van der Waals surface area contributed by atoms with E-state index in [0.29, 0.717) is 29.5 Å². The van der Waals surface area contributed by atoms with E-state index in [9.17, 15) is 0 Å². The number of hydrogen-bond donors (Lipinski definition) is 0. The smallest absolute Gasteiger partial charge is 0.307 e. The fraction of sp³-hybridized carbons (Fsp3) is 0.364. The van der Waals surface area contributed by atoms with Crippen LogP contribution in [-0.4, -0.2) is 18.5 Å². The first-order valence-electron chi connectivity index (χ1n) is 13.9. The number of fused-ring (bicyclic) bond motifs is 5. The highest BCUT2D eigenvalue weighted by molar-refractivity contribution is 5.92. The molecule has 0 saturated heterocycles. The molecule has 0 aliphatic carbocycles. The third-order valence-corrected chi connectivity index (χ3v) is 7.76. The molecule has 0 atom stereocenters. The number of nitrogens with zero attached hydrogens (tertiary/aromatic N) is 4. The van der Waals surface area contributed by atoms with Crippen molar-refractivity contribution in [1.29, 1.82) is 0 Å². The molecular formula is C33H38N4O. The fourth-order valence-corrected chi connectivity index (χ4v) is 5.86. The quantitative estimate of drug-likeness (QED) is 0.226. The third kappa shape index (κ3) is 3.63. The van der Waals surface area contributed by atoms with Crippen LogP contribution in [0.25, 0.3) is 39.4 Å². The Hall–Kier alpha value is -3.73. The fourth-order valence-electron chi connectivity index (χ4n) is 5.86. The van der Waals surface area contributed by atoms with Crippen molar-refractivity contribution in [2.24, 2.45) is 0 Å². The van der Waals surface area contributed by atoms with E-state index in [4.69, 9.17) is 9.40 Å². The molecule has 0 aliphatic rings. The van der Waals surface area contributed by atoms with Crippen LogP contribution in [0.1, 0.15) is 102 Å². The largest absolute Gasteiger partial charge is 0.421 e. The average Bonchev–Trinajstić information content (AvgIpc) is 3.63. The van der Waals surface area contributed by atoms with Gasteiger partial charge in [0.05, 0.1) is 22.2 Å². The van der Waals surface area contributed by atoms with Crippen LogP contribution in [0.4, 0.5) is 0 Å². The Labute approximate surface area is 224 Å². The van der Waals surface area contributed by atoms with E-state index in [1.54, 1.807) is 0 Å². The molecule has 5 heteroatoms. The van der Waals surface area contributed by atoms with Crippen LogP contribution in [0, 0.1) is 0 Å². The molecule has 0 spiro atoms. The van der Waals surface area contributed by atoms with E-state index in [2.05, 4.69) is 130 Å². The lowest BCUT2D eigenvalue weighted by molar-refractivity contribution is 0.635. The second-order valence-corrected chi connectivity index (χ2v) is 11.8. The van der Waals surface area contributed by atoms with Gasteiger partial charge in [-0.15, -0.1) is 0 Å². The zero-order valence-electron chi connectivity index (χ0n) is 23.8. The zero-order valence-corrected chi connectivity index (χ0v) is 23.8. The Morgan fingerprint density at radius 1 is 0.605 bits per heavy atom. The lowest BCUT2D eigenvalue weighted by atomic mass is 10.1. The Kier molecular flexibility index (Phi) is 5.78. The summed E-state index contributed by atoms with van der Waals surface area (Å²) in [6.45, 7) is 18.0. The summed E-state index contributed by atoms with van der Waals surface area (Å²) in [5, 5.41) is 0. The monoisotopic (exact) mass is 506 g/mol. The summed E-state index contributed by atoms with van der Waals surface area (Å²) in [5.41, 5.74) is 11.4. The highest BCUT2D eigenvalue weighted by Crippen LogP contribution is 2.36. The van der Waals surface area contributed by atoms with Gasteiger partial charge in [0.25, 0.3) is 0 Å². The topological polar surface area (TPSA) is 40.3 Å². The number of imidazole rings is 1. The molecule has 0 unspecified atom stereocenters. The molecule has 0 saturated carbocycles. The van der Waals surface area contributed by atoms with E-state index in [1.165, 1.54) is 22.8 Å². The first-order valence-corrected chi connectivity index (χ1v) is 13.9. The molecule has 0 aliphatic heterocycles. The zero-order chi connectivity index (χ0) is 26.9. The van der Waals surface area contributed by atoms with Gasteiger partial charge in [-0.3, -0.25) is 4.40 Å². The van der Waals surface area contributed by atoms with Crippen molar-refractivity contribution in [3.05, 3.63) is 83.4 Å². The molecular weight excluding hydrogens is 468 g/mol. The van der Waals surface area contributed by atoms with Crippen molar-refractivity contribution in [3.8, 4) is 11.4 Å². The molecule has 0 amide bonds. The van der Waals surface area contributed by atoms with Crippen molar-refractivity contribution >= 4 is 28.0 Å². The molecule has 0 radical (unpaired) electrons. The van der Waals surface area contributed by atoms with Crippen LogP contribution in [0.2, 0.25) is 0 Å². The van der Waals surface area contributed by atoms with E-state index in [0.717, 1.165) is 33.5 Å². The van der Waals surface area contributed by atoms with Gasteiger partial charge in [-0.05, 0) is 78.3 Å². The van der Waals surface area contributed by atoms with E-state index in [-0.39, 0.29) is 0 Å². The maximum Gasteiger partial charge on any atom is 0.307 e. The standard InChI is InChI=1S/C33H38N4O/c1-19(2)25-14-15-26(20(3)4)35(25)23-12-13-24-31(18-23)37-30-11-9-10-29(32(30)38-33(37)34-24)36-27(21(5)6)16-17-28(36)22(7)8/h9-22H,1-8H3. The lowest BCUT2D eigenvalue weighted by Crippen LogP contribution is -2.07. The van der Waals surface area contributed by atoms with E-state index >= 15 is 0 Å². The third-order valence-electron chi connectivity index (χ3n) is 7.76. The predicted molar refractivity (Wildman–Crippen MR) is 157 cm³/mol. The van der Waals surface area contributed by atoms with E-state index in [1.807, 2.05) is 0 Å². The van der Waals surface area contributed by atoms with Crippen molar-refractivity contribution in [2.75, 3.05) is 0 Å². The van der Waals surface area contributed by atoms with Crippen molar-refractivity contribution in [3.63, 3.8) is 0 Å². The first kappa shape index (κ1) is 24.6. The molecule has 38 heavy (non-hydrogen) atoms. The number of hydrogen-bond acceptors (Lipinski definition) is 2. The maximum absolute atomic E-state index is 6.54. The summed E-state index contributed by atoms with van der Waals surface area (Å²) in [6, 6.07) is 22.1. The molecule has 0 bridgehead atoms. The summed E-state index contributed by atoms with van der Waals surface area (Å²) in [5.74, 6) is 2.27. The normalized spacial score (nSPS) is 12.6. The van der Waals surface area contributed by atoms with E-state index < -0.39 is 0 Å². The molecule has 4 heterocycles. The molecule has 6 aromatic rings. The van der Waals surface area contributed by atoms with Gasteiger partial charge in [-0.2, -0.15) is 4.98 Å². The summed E-state index contributed by atoms with van der Waals surface area (Å²) in [4.78, 5) is 4.91. The van der Waals surface area contributed by atoms with Gasteiger partial charge in [0.1, 0.15) is 0 Å². The van der Waals surface area contributed by atoms with Gasteiger partial charge in [0.15, 0.2) is 5.58 Å². The van der Waals surface area contributed by atoms with Gasteiger partial charge < -0.3 is 13.6 Å². The molecule has 196 valence electrons. The average molecular weight is 507 g/mol. The Balaban J connectivity index is 1.62. The molecule has 0 fully saturated rings. The Bertz CT molecular complexity index is 1730. The highest BCUT2D eigenvalue weighted by atomic mass is 16.4. The van der Waals surface area contributed by atoms with Crippen LogP contribution in [0.15, 0.2) is 65.1 Å². The Morgan fingerprint density at radius 3 is 1.71 bits per heavy atom. The second kappa shape index (κ2) is 8.93. The van der Waals surface area contributed by atoms with Crippen LogP contribution in [0.3, 0.4) is 0 Å². The molecule has 2 aromatic carbocycles. The minimum absolute atomic E-state index is 0.395. The number of benzene rings is 2. The van der Waals surface area contributed by atoms with Crippen molar-refractivity contribution in [1.82, 2.24) is 18.5 Å². The number of para-hydroxylation sites is 1. The number of aromatic nitrogens is 4. The second-order valence-electron chi connectivity index (χ2n) is 11.8. The molecule has 6 rings (SSSR count). The minimum atomic E-state index is 0.395. The summed E-state index contributed by atoms with van der Waals surface area (Å²) in [6.07, 6.45) is 0. The van der Waals surface area contributed by atoms with Crippen LogP contribution in [-0.2, 0) is 0 Å². The van der Waals surface area contributed by atoms with Crippen LogP contribution < -0.4 is 0 Å². The SMILES string of the molecule is CC(C)c1ccc(C(C)C)n1-c1ccc2nc3oc4c(-n5c(C(C)C)ccc5C(C)C)cccc4n3c2c1. The Morgan fingerprint density at radius 2 is 1.16 bits per heavy atom. The van der Waals surface area contributed by atoms with Gasteiger partial charge >= 0.3 is 5.84 Å².